The van der Waals surface area contributed by atoms with Crippen LogP contribution in [0.3, 0.4) is 0 Å². The summed E-state index contributed by atoms with van der Waals surface area (Å²) >= 11 is 0. The Bertz CT molecular complexity index is 984. The second-order valence-corrected chi connectivity index (χ2v) is 6.55. The van der Waals surface area contributed by atoms with E-state index in [4.69, 9.17) is 18.6 Å². The molecule has 0 spiro atoms. The monoisotopic (exact) mass is 395 g/mol. The van der Waals surface area contributed by atoms with Crippen molar-refractivity contribution in [2.24, 2.45) is 0 Å². The number of anilines is 1. The third-order valence-corrected chi connectivity index (χ3v) is 4.36. The van der Waals surface area contributed by atoms with E-state index in [9.17, 15) is 4.79 Å². The van der Waals surface area contributed by atoms with Gasteiger partial charge >= 0.3 is 6.01 Å². The highest BCUT2D eigenvalue weighted by atomic mass is 16.7. The van der Waals surface area contributed by atoms with Crippen LogP contribution in [-0.4, -0.2) is 29.5 Å². The highest BCUT2D eigenvalue weighted by molar-refractivity contribution is 6.03. The largest absolute Gasteiger partial charge is 0.494 e. The van der Waals surface area contributed by atoms with Gasteiger partial charge in [-0.3, -0.25) is 10.1 Å². The SMILES string of the molecule is CCCCOc1ccc(C(=O)Nc2nnc(Cc3ccc4c(c3)OCO4)o2)cc1. The quantitative estimate of drug-likeness (QED) is 0.579. The predicted molar refractivity (Wildman–Crippen MR) is 104 cm³/mol. The van der Waals surface area contributed by atoms with E-state index in [-0.39, 0.29) is 18.7 Å². The Balaban J connectivity index is 1.34. The maximum Gasteiger partial charge on any atom is 0.322 e. The van der Waals surface area contributed by atoms with Gasteiger partial charge in [0.1, 0.15) is 5.75 Å². The third-order valence-electron chi connectivity index (χ3n) is 4.36. The van der Waals surface area contributed by atoms with Crippen LogP contribution in [0, 0.1) is 0 Å². The first kappa shape index (κ1) is 18.8. The summed E-state index contributed by atoms with van der Waals surface area (Å²) < 4.78 is 21.8. The summed E-state index contributed by atoms with van der Waals surface area (Å²) in [4.78, 5) is 12.4. The lowest BCUT2D eigenvalue weighted by atomic mass is 10.1. The number of fused-ring (bicyclic) bond motifs is 1. The van der Waals surface area contributed by atoms with E-state index < -0.39 is 0 Å². The highest BCUT2D eigenvalue weighted by Gasteiger charge is 2.16. The zero-order valence-electron chi connectivity index (χ0n) is 16.0. The van der Waals surface area contributed by atoms with E-state index in [0.717, 1.165) is 24.2 Å². The topological polar surface area (TPSA) is 95.7 Å². The Hall–Kier alpha value is -3.55. The molecule has 4 rings (SSSR count). The Morgan fingerprint density at radius 3 is 2.76 bits per heavy atom. The molecule has 0 atom stereocenters. The first-order valence-electron chi connectivity index (χ1n) is 9.46. The smallest absolute Gasteiger partial charge is 0.322 e. The minimum atomic E-state index is -0.330. The van der Waals surface area contributed by atoms with E-state index in [0.29, 0.717) is 36.0 Å². The van der Waals surface area contributed by atoms with E-state index in [2.05, 4.69) is 22.4 Å². The molecule has 1 amide bonds. The molecule has 8 nitrogen and oxygen atoms in total. The van der Waals surface area contributed by atoms with Crippen molar-refractivity contribution in [3.63, 3.8) is 0 Å². The van der Waals surface area contributed by atoms with Gasteiger partial charge in [-0.15, -0.1) is 5.10 Å². The molecule has 1 aromatic heterocycles. The normalized spacial score (nSPS) is 12.0. The van der Waals surface area contributed by atoms with Gasteiger partial charge in [0.2, 0.25) is 12.7 Å². The van der Waals surface area contributed by atoms with Crippen LogP contribution in [0.1, 0.15) is 41.6 Å². The van der Waals surface area contributed by atoms with Gasteiger partial charge in [0, 0.05) is 5.56 Å². The van der Waals surface area contributed by atoms with Gasteiger partial charge in [-0.1, -0.05) is 24.5 Å². The van der Waals surface area contributed by atoms with Crippen molar-refractivity contribution < 1.29 is 23.4 Å². The Labute approximate surface area is 167 Å². The highest BCUT2D eigenvalue weighted by Crippen LogP contribution is 2.33. The van der Waals surface area contributed by atoms with Crippen LogP contribution >= 0.6 is 0 Å². The van der Waals surface area contributed by atoms with Crippen LogP contribution in [0.15, 0.2) is 46.9 Å². The van der Waals surface area contributed by atoms with Crippen molar-refractivity contribution in [2.45, 2.75) is 26.2 Å². The molecule has 1 N–H and O–H groups in total. The fraction of sp³-hybridized carbons (Fsp3) is 0.286. The molecule has 2 aromatic carbocycles. The average molecular weight is 395 g/mol. The molecule has 0 bridgehead atoms. The molecule has 0 saturated carbocycles. The van der Waals surface area contributed by atoms with Crippen LogP contribution in [-0.2, 0) is 6.42 Å². The number of nitrogens with one attached hydrogen (secondary N) is 1. The molecular weight excluding hydrogens is 374 g/mol. The van der Waals surface area contributed by atoms with Gasteiger partial charge in [-0.25, -0.2) is 0 Å². The molecule has 0 aliphatic carbocycles. The number of carbonyl (C=O) groups excluding carboxylic acids is 1. The number of hydrogen-bond acceptors (Lipinski definition) is 7. The Morgan fingerprint density at radius 2 is 1.93 bits per heavy atom. The third kappa shape index (κ3) is 4.66. The van der Waals surface area contributed by atoms with E-state index >= 15 is 0 Å². The average Bonchev–Trinajstić information content (AvgIpc) is 3.37. The van der Waals surface area contributed by atoms with Crippen molar-refractivity contribution in [2.75, 3.05) is 18.7 Å². The lowest BCUT2D eigenvalue weighted by molar-refractivity contribution is 0.102. The number of ether oxygens (including phenoxy) is 3. The van der Waals surface area contributed by atoms with Crippen LogP contribution in [0.4, 0.5) is 6.01 Å². The van der Waals surface area contributed by atoms with Crippen LogP contribution < -0.4 is 19.5 Å². The van der Waals surface area contributed by atoms with Gasteiger partial charge in [0.15, 0.2) is 11.5 Å². The van der Waals surface area contributed by atoms with Gasteiger partial charge in [0.05, 0.1) is 13.0 Å². The molecular formula is C21H21N3O5. The molecule has 0 saturated heterocycles. The summed E-state index contributed by atoms with van der Waals surface area (Å²) in [6, 6.07) is 12.6. The summed E-state index contributed by atoms with van der Waals surface area (Å²) in [7, 11) is 0. The molecule has 3 aromatic rings. The molecule has 0 radical (unpaired) electrons. The summed E-state index contributed by atoms with van der Waals surface area (Å²) in [5.74, 6) is 2.20. The molecule has 0 fully saturated rings. The number of amides is 1. The number of aromatic nitrogens is 2. The maximum atomic E-state index is 12.4. The van der Waals surface area contributed by atoms with Crippen LogP contribution in [0.25, 0.3) is 0 Å². The zero-order valence-corrected chi connectivity index (χ0v) is 16.0. The number of nitrogens with zero attached hydrogens (tertiary/aromatic N) is 2. The van der Waals surface area contributed by atoms with Gasteiger partial charge < -0.3 is 18.6 Å². The fourth-order valence-corrected chi connectivity index (χ4v) is 2.81. The van der Waals surface area contributed by atoms with Crippen molar-refractivity contribution in [1.29, 1.82) is 0 Å². The first-order valence-corrected chi connectivity index (χ1v) is 9.46. The number of rotatable bonds is 8. The molecule has 1 aliphatic rings. The molecule has 29 heavy (non-hydrogen) atoms. The van der Waals surface area contributed by atoms with Gasteiger partial charge in [0.25, 0.3) is 5.91 Å². The zero-order chi connectivity index (χ0) is 20.1. The number of hydrogen-bond donors (Lipinski definition) is 1. The van der Waals surface area contributed by atoms with Gasteiger partial charge in [-0.2, -0.15) is 0 Å². The summed E-state index contributed by atoms with van der Waals surface area (Å²) in [6.07, 6.45) is 2.48. The molecule has 150 valence electrons. The summed E-state index contributed by atoms with van der Waals surface area (Å²) in [5.41, 5.74) is 1.41. The standard InChI is InChI=1S/C21H21N3O5/c1-2-3-10-26-16-7-5-15(6-8-16)20(25)22-21-24-23-19(29-21)12-14-4-9-17-18(11-14)28-13-27-17/h4-9,11H,2-3,10,12-13H2,1H3,(H,22,24,25). The van der Waals surface area contributed by atoms with Gasteiger partial charge in [-0.05, 0) is 48.4 Å². The second kappa shape index (κ2) is 8.64. The molecule has 0 unspecified atom stereocenters. The number of unbranched alkanes of at least 4 members (excludes halogenated alkanes) is 1. The Kier molecular flexibility index (Phi) is 5.60. The minimum Gasteiger partial charge on any atom is -0.494 e. The summed E-state index contributed by atoms with van der Waals surface area (Å²) in [5, 5.41) is 10.5. The van der Waals surface area contributed by atoms with Crippen molar-refractivity contribution >= 4 is 11.9 Å². The number of benzene rings is 2. The Morgan fingerprint density at radius 1 is 1.10 bits per heavy atom. The van der Waals surface area contributed by atoms with E-state index in [1.165, 1.54) is 0 Å². The first-order chi connectivity index (χ1) is 14.2. The maximum absolute atomic E-state index is 12.4. The van der Waals surface area contributed by atoms with E-state index in [1.54, 1.807) is 24.3 Å². The molecule has 8 heteroatoms. The lowest BCUT2D eigenvalue weighted by Crippen LogP contribution is -2.12. The number of carbonyl (C=O) groups is 1. The predicted octanol–water partition coefficient (Wildman–Crippen LogP) is 3.82. The minimum absolute atomic E-state index is 0.0500. The fourth-order valence-electron chi connectivity index (χ4n) is 2.81. The summed E-state index contributed by atoms with van der Waals surface area (Å²) in [6.45, 7) is 2.99. The van der Waals surface area contributed by atoms with E-state index in [1.807, 2.05) is 18.2 Å². The van der Waals surface area contributed by atoms with Crippen molar-refractivity contribution in [1.82, 2.24) is 10.2 Å². The van der Waals surface area contributed by atoms with Crippen molar-refractivity contribution in [3.8, 4) is 17.2 Å². The van der Waals surface area contributed by atoms with Crippen LogP contribution in [0.5, 0.6) is 17.2 Å². The molecule has 1 aliphatic heterocycles. The van der Waals surface area contributed by atoms with Crippen LogP contribution in [0.2, 0.25) is 0 Å². The molecule has 2 heterocycles. The second-order valence-electron chi connectivity index (χ2n) is 6.55. The van der Waals surface area contributed by atoms with Crippen molar-refractivity contribution in [3.05, 3.63) is 59.5 Å². The lowest BCUT2D eigenvalue weighted by Gasteiger charge is -2.06.